The molecular weight excluding hydrogens is 518 g/mol. The highest BCUT2D eigenvalue weighted by atomic mass is 32.1. The molecule has 1 fully saturated rings. The number of benzene rings is 2. The van der Waals surface area contributed by atoms with Gasteiger partial charge in [0.05, 0.1) is 21.6 Å². The monoisotopic (exact) mass is 533 g/mol. The van der Waals surface area contributed by atoms with Crippen molar-refractivity contribution in [3.05, 3.63) is 97.4 Å². The lowest BCUT2D eigenvalue weighted by atomic mass is 10.1. The second kappa shape index (κ2) is 9.82. The molecule has 0 aliphatic carbocycles. The number of carbonyl (C=O) groups excluding carboxylic acids is 2. The van der Waals surface area contributed by atoms with Crippen LogP contribution in [-0.4, -0.2) is 21.9 Å². The summed E-state index contributed by atoms with van der Waals surface area (Å²) < 4.78 is 5.79. The summed E-state index contributed by atoms with van der Waals surface area (Å²) in [5.74, 6) is 0.00900. The topological polar surface area (TPSA) is 102 Å². The number of hydrogen-bond donors (Lipinski definition) is 1. The molecule has 0 saturated carbocycles. The first-order chi connectivity index (χ1) is 17.4. The van der Waals surface area contributed by atoms with Crippen molar-refractivity contribution in [2.24, 2.45) is 0 Å². The van der Waals surface area contributed by atoms with Gasteiger partial charge in [-0.3, -0.25) is 29.9 Å². The van der Waals surface area contributed by atoms with Gasteiger partial charge in [-0.1, -0.05) is 18.2 Å². The quantitative estimate of drug-likeness (QED) is 0.107. The molecule has 1 aliphatic rings. The van der Waals surface area contributed by atoms with E-state index in [1.807, 2.05) is 30.3 Å². The van der Waals surface area contributed by atoms with Gasteiger partial charge in [0.25, 0.3) is 17.5 Å². The van der Waals surface area contributed by atoms with Crippen LogP contribution in [0.15, 0.2) is 82.4 Å². The Morgan fingerprint density at radius 1 is 0.972 bits per heavy atom. The first-order valence-electron chi connectivity index (χ1n) is 10.5. The van der Waals surface area contributed by atoms with Crippen LogP contribution >= 0.6 is 34.9 Å². The van der Waals surface area contributed by atoms with Crippen molar-refractivity contribution in [1.82, 2.24) is 5.32 Å². The number of anilines is 1. The zero-order chi connectivity index (χ0) is 25.2. The number of rotatable bonds is 6. The number of ether oxygens (including phenoxy) is 1. The van der Waals surface area contributed by atoms with Crippen molar-refractivity contribution in [3.8, 4) is 22.6 Å². The third-order valence-electron chi connectivity index (χ3n) is 5.27. The zero-order valence-corrected chi connectivity index (χ0v) is 20.7. The van der Waals surface area contributed by atoms with Gasteiger partial charge in [-0.25, -0.2) is 0 Å². The largest absolute Gasteiger partial charge is 0.457 e. The van der Waals surface area contributed by atoms with E-state index in [0.29, 0.717) is 33.2 Å². The standard InChI is InChI=1S/C25H15N3O5S3/c29-23-19(12-22-18(10-11-36-22)20-13-35-14-21(20)28(31)32)24(30)27(25(34)26-23)15-6-8-17(9-7-15)33-16-4-2-1-3-5-16/h1-14H,(H,26,29,34)/b19-12+. The first-order valence-corrected chi connectivity index (χ1v) is 12.7. The smallest absolute Gasteiger partial charge is 0.287 e. The molecule has 2 amide bonds. The maximum absolute atomic E-state index is 13.4. The number of nitro groups is 1. The Morgan fingerprint density at radius 3 is 2.42 bits per heavy atom. The third kappa shape index (κ3) is 4.54. The average molecular weight is 534 g/mol. The highest BCUT2D eigenvalue weighted by Gasteiger charge is 2.35. The van der Waals surface area contributed by atoms with Crippen LogP contribution in [0.2, 0.25) is 0 Å². The molecule has 11 heteroatoms. The van der Waals surface area contributed by atoms with Gasteiger partial charge in [-0.2, -0.15) is 0 Å². The van der Waals surface area contributed by atoms with E-state index < -0.39 is 16.7 Å². The van der Waals surface area contributed by atoms with E-state index in [-0.39, 0.29) is 16.4 Å². The van der Waals surface area contributed by atoms with Gasteiger partial charge < -0.3 is 4.74 Å². The number of carbonyl (C=O) groups is 2. The van der Waals surface area contributed by atoms with Crippen LogP contribution < -0.4 is 15.0 Å². The number of para-hydroxylation sites is 1. The number of hydrogen-bond acceptors (Lipinski definition) is 8. The normalized spacial score (nSPS) is 14.7. The van der Waals surface area contributed by atoms with Crippen LogP contribution in [-0.2, 0) is 9.59 Å². The highest BCUT2D eigenvalue weighted by molar-refractivity contribution is 7.80. The Hall–Kier alpha value is -4.19. The molecule has 0 radical (unpaired) electrons. The molecule has 178 valence electrons. The SMILES string of the molecule is O=C1NC(=S)N(c2ccc(Oc3ccccc3)cc2)C(=O)/C1=C/c1sccc1-c1cscc1[N+](=O)[O-]. The molecule has 0 spiro atoms. The average Bonchev–Trinajstić information content (AvgIpc) is 3.53. The summed E-state index contributed by atoms with van der Waals surface area (Å²) in [5.41, 5.74) is 1.30. The first kappa shape index (κ1) is 23.5. The van der Waals surface area contributed by atoms with Crippen LogP contribution in [0.5, 0.6) is 11.5 Å². The summed E-state index contributed by atoms with van der Waals surface area (Å²) in [5, 5.41) is 18.8. The lowest BCUT2D eigenvalue weighted by molar-refractivity contribution is -0.383. The van der Waals surface area contributed by atoms with Crippen LogP contribution in [0.25, 0.3) is 17.2 Å². The fourth-order valence-corrected chi connectivity index (χ4v) is 5.52. The molecule has 0 unspecified atom stereocenters. The lowest BCUT2D eigenvalue weighted by Crippen LogP contribution is -2.54. The molecule has 2 aromatic carbocycles. The van der Waals surface area contributed by atoms with E-state index in [9.17, 15) is 19.7 Å². The van der Waals surface area contributed by atoms with Crippen molar-refractivity contribution in [2.75, 3.05) is 4.90 Å². The predicted octanol–water partition coefficient (Wildman–Crippen LogP) is 6.01. The second-order valence-electron chi connectivity index (χ2n) is 7.49. The number of thiophene rings is 2. The number of thiocarbonyl (C=S) groups is 1. The van der Waals surface area contributed by atoms with E-state index >= 15 is 0 Å². The second-order valence-corrected chi connectivity index (χ2v) is 9.57. The molecular formula is C25H15N3O5S3. The zero-order valence-electron chi connectivity index (χ0n) is 18.2. The molecule has 8 nitrogen and oxygen atoms in total. The molecule has 1 aliphatic heterocycles. The molecule has 1 N–H and O–H groups in total. The summed E-state index contributed by atoms with van der Waals surface area (Å²) in [7, 11) is 0. The minimum atomic E-state index is -0.635. The van der Waals surface area contributed by atoms with Crippen molar-refractivity contribution in [3.63, 3.8) is 0 Å². The summed E-state index contributed by atoms with van der Waals surface area (Å²) >= 11 is 7.76. The fourth-order valence-electron chi connectivity index (χ4n) is 3.60. The molecule has 0 atom stereocenters. The van der Waals surface area contributed by atoms with Crippen molar-refractivity contribution < 1.29 is 19.2 Å². The molecule has 3 heterocycles. The number of nitrogens with zero attached hydrogens (tertiary/aromatic N) is 2. The van der Waals surface area contributed by atoms with Crippen LogP contribution in [0, 0.1) is 10.1 Å². The maximum Gasteiger partial charge on any atom is 0.287 e. The maximum atomic E-state index is 13.4. The Balaban J connectivity index is 1.45. The van der Waals surface area contributed by atoms with E-state index in [4.69, 9.17) is 17.0 Å². The van der Waals surface area contributed by atoms with Crippen LogP contribution in [0.4, 0.5) is 11.4 Å². The van der Waals surface area contributed by atoms with E-state index in [2.05, 4.69) is 5.32 Å². The van der Waals surface area contributed by atoms with E-state index in [0.717, 1.165) is 0 Å². The van der Waals surface area contributed by atoms with Gasteiger partial charge in [0.2, 0.25) is 0 Å². The van der Waals surface area contributed by atoms with Crippen molar-refractivity contribution in [2.45, 2.75) is 0 Å². The van der Waals surface area contributed by atoms with E-state index in [1.54, 1.807) is 41.1 Å². The Bertz CT molecular complexity index is 1520. The Labute approximate surface area is 218 Å². The molecule has 2 aromatic heterocycles. The van der Waals surface area contributed by atoms with Gasteiger partial charge >= 0.3 is 0 Å². The summed E-state index contributed by atoms with van der Waals surface area (Å²) in [6.07, 6.45) is 1.45. The molecule has 1 saturated heterocycles. The highest BCUT2D eigenvalue weighted by Crippen LogP contribution is 2.39. The molecule has 36 heavy (non-hydrogen) atoms. The molecule has 0 bridgehead atoms. The summed E-state index contributed by atoms with van der Waals surface area (Å²) in [4.78, 5) is 38.8. The molecule has 5 rings (SSSR count). The minimum absolute atomic E-state index is 0.0295. The van der Waals surface area contributed by atoms with E-state index in [1.165, 1.54) is 39.0 Å². The van der Waals surface area contributed by atoms with Gasteiger partial charge in [-0.05, 0) is 66.1 Å². The Morgan fingerprint density at radius 2 is 1.69 bits per heavy atom. The Kier molecular flexibility index (Phi) is 6.42. The van der Waals surface area contributed by atoms with Gasteiger partial charge in [0.15, 0.2) is 5.11 Å². The molecule has 4 aromatic rings. The van der Waals surface area contributed by atoms with Gasteiger partial charge in [0.1, 0.15) is 17.1 Å². The fraction of sp³-hybridized carbons (Fsp3) is 0. The lowest BCUT2D eigenvalue weighted by Gasteiger charge is -2.29. The van der Waals surface area contributed by atoms with Crippen LogP contribution in [0.1, 0.15) is 4.88 Å². The number of amides is 2. The minimum Gasteiger partial charge on any atom is -0.457 e. The van der Waals surface area contributed by atoms with Crippen molar-refractivity contribution in [1.29, 1.82) is 0 Å². The number of nitrogens with one attached hydrogen (secondary N) is 1. The summed E-state index contributed by atoms with van der Waals surface area (Å²) in [6, 6.07) is 17.7. The third-order valence-corrected chi connectivity index (χ3v) is 7.15. The van der Waals surface area contributed by atoms with Crippen molar-refractivity contribution >= 4 is 69.3 Å². The van der Waals surface area contributed by atoms with Gasteiger partial charge in [0, 0.05) is 15.8 Å². The van der Waals surface area contributed by atoms with Crippen LogP contribution in [0.3, 0.4) is 0 Å². The summed E-state index contributed by atoms with van der Waals surface area (Å²) in [6.45, 7) is 0. The van der Waals surface area contributed by atoms with Gasteiger partial charge in [-0.15, -0.1) is 22.7 Å². The predicted molar refractivity (Wildman–Crippen MR) is 143 cm³/mol.